The molecule has 0 bridgehead atoms. The second-order valence-electron chi connectivity index (χ2n) is 5.17. The maximum atomic E-state index is 5.56. The highest BCUT2D eigenvalue weighted by molar-refractivity contribution is 5.30. The molecule has 1 aromatic rings. The normalized spacial score (nSPS) is 12.7. The Morgan fingerprint density at radius 3 is 2.61 bits per heavy atom. The van der Waals surface area contributed by atoms with Crippen LogP contribution in [-0.4, -0.2) is 13.7 Å². The first-order valence-electron chi connectivity index (χ1n) is 7.07. The minimum absolute atomic E-state index is 0.434. The molecule has 0 aromatic heterocycles. The molecule has 1 atom stereocenters. The summed E-state index contributed by atoms with van der Waals surface area (Å²) in [4.78, 5) is 0. The van der Waals surface area contributed by atoms with Gasteiger partial charge in [-0.1, -0.05) is 38.8 Å². The fraction of sp³-hybridized carbons (Fsp3) is 0.625. The van der Waals surface area contributed by atoms with Crippen molar-refractivity contribution in [3.8, 4) is 5.75 Å². The Morgan fingerprint density at radius 2 is 2.00 bits per heavy atom. The second-order valence-corrected chi connectivity index (χ2v) is 5.17. The van der Waals surface area contributed by atoms with Crippen molar-refractivity contribution in [3.63, 3.8) is 0 Å². The van der Waals surface area contributed by atoms with Crippen LogP contribution in [0.1, 0.15) is 51.6 Å². The van der Waals surface area contributed by atoms with Crippen LogP contribution < -0.4 is 10.1 Å². The third kappa shape index (κ3) is 5.09. The summed E-state index contributed by atoms with van der Waals surface area (Å²) in [5.74, 6) is 1.76. The molecular formula is C16H27NO. The first kappa shape index (κ1) is 15.0. The highest BCUT2D eigenvalue weighted by Crippen LogP contribution is 2.24. The molecule has 0 spiro atoms. The molecular weight excluding hydrogens is 222 g/mol. The Labute approximate surface area is 112 Å². The van der Waals surface area contributed by atoms with Crippen molar-refractivity contribution in [1.29, 1.82) is 0 Å². The van der Waals surface area contributed by atoms with E-state index in [1.54, 1.807) is 0 Å². The molecule has 2 nitrogen and oxygen atoms in total. The zero-order valence-corrected chi connectivity index (χ0v) is 12.2. The standard InChI is InChI=1S/C16H27NO/c1-5-18-15-10-7-9-14(12-15)16(17-4)11-6-8-13(2)3/h7,9-10,12-13,16-17H,5-6,8,11H2,1-4H3. The number of rotatable bonds is 8. The van der Waals surface area contributed by atoms with Crippen LogP contribution in [0.25, 0.3) is 0 Å². The van der Waals surface area contributed by atoms with Crippen molar-refractivity contribution in [3.05, 3.63) is 29.8 Å². The highest BCUT2D eigenvalue weighted by atomic mass is 16.5. The van der Waals surface area contributed by atoms with E-state index >= 15 is 0 Å². The smallest absolute Gasteiger partial charge is 0.119 e. The van der Waals surface area contributed by atoms with Gasteiger partial charge in [0.1, 0.15) is 5.75 Å². The van der Waals surface area contributed by atoms with E-state index in [-0.39, 0.29) is 0 Å². The number of ether oxygens (including phenoxy) is 1. The van der Waals surface area contributed by atoms with Gasteiger partial charge in [0.25, 0.3) is 0 Å². The Morgan fingerprint density at radius 1 is 1.22 bits per heavy atom. The van der Waals surface area contributed by atoms with Gasteiger partial charge in [-0.25, -0.2) is 0 Å². The molecule has 18 heavy (non-hydrogen) atoms. The monoisotopic (exact) mass is 249 g/mol. The molecule has 1 unspecified atom stereocenters. The lowest BCUT2D eigenvalue weighted by Crippen LogP contribution is -2.16. The van der Waals surface area contributed by atoms with Crippen LogP contribution in [0, 0.1) is 5.92 Å². The van der Waals surface area contributed by atoms with Crippen molar-refractivity contribution < 1.29 is 4.74 Å². The molecule has 2 heteroatoms. The van der Waals surface area contributed by atoms with Crippen molar-refractivity contribution in [1.82, 2.24) is 5.32 Å². The van der Waals surface area contributed by atoms with Gasteiger partial charge in [0.05, 0.1) is 6.61 Å². The number of hydrogen-bond donors (Lipinski definition) is 1. The zero-order valence-electron chi connectivity index (χ0n) is 12.2. The minimum Gasteiger partial charge on any atom is -0.494 e. The van der Waals surface area contributed by atoms with Crippen LogP contribution >= 0.6 is 0 Å². The molecule has 0 aliphatic rings. The molecule has 102 valence electrons. The predicted octanol–water partition coefficient (Wildman–Crippen LogP) is 4.17. The van der Waals surface area contributed by atoms with E-state index in [1.165, 1.54) is 24.8 Å². The average molecular weight is 249 g/mol. The second kappa shape index (κ2) is 8.15. The highest BCUT2D eigenvalue weighted by Gasteiger charge is 2.10. The Hall–Kier alpha value is -1.02. The van der Waals surface area contributed by atoms with Gasteiger partial charge < -0.3 is 10.1 Å². The van der Waals surface area contributed by atoms with Gasteiger partial charge >= 0.3 is 0 Å². The summed E-state index contributed by atoms with van der Waals surface area (Å²) in [6.45, 7) is 7.31. The van der Waals surface area contributed by atoms with E-state index < -0.39 is 0 Å². The number of nitrogens with one attached hydrogen (secondary N) is 1. The average Bonchev–Trinajstić information content (AvgIpc) is 2.35. The van der Waals surface area contributed by atoms with Crippen LogP contribution in [0.5, 0.6) is 5.75 Å². The summed E-state index contributed by atoms with van der Waals surface area (Å²) in [5.41, 5.74) is 1.33. The van der Waals surface area contributed by atoms with Crippen molar-refractivity contribution in [2.45, 2.75) is 46.1 Å². The largest absolute Gasteiger partial charge is 0.494 e. The van der Waals surface area contributed by atoms with Gasteiger partial charge in [-0.15, -0.1) is 0 Å². The summed E-state index contributed by atoms with van der Waals surface area (Å²) in [6, 6.07) is 8.87. The van der Waals surface area contributed by atoms with Gasteiger partial charge in [0.15, 0.2) is 0 Å². The fourth-order valence-corrected chi connectivity index (χ4v) is 2.20. The zero-order chi connectivity index (χ0) is 13.4. The molecule has 1 N–H and O–H groups in total. The third-order valence-electron chi connectivity index (χ3n) is 3.19. The lowest BCUT2D eigenvalue weighted by Gasteiger charge is -2.18. The van der Waals surface area contributed by atoms with Gasteiger partial charge in [-0.3, -0.25) is 0 Å². The SMILES string of the molecule is CCOc1cccc(C(CCCC(C)C)NC)c1. The van der Waals surface area contributed by atoms with E-state index in [1.807, 2.05) is 20.0 Å². The lowest BCUT2D eigenvalue weighted by atomic mass is 9.98. The lowest BCUT2D eigenvalue weighted by molar-refractivity contribution is 0.339. The maximum Gasteiger partial charge on any atom is 0.119 e. The van der Waals surface area contributed by atoms with E-state index in [0.717, 1.165) is 18.3 Å². The van der Waals surface area contributed by atoms with Crippen LogP contribution in [0.15, 0.2) is 24.3 Å². The Bertz CT molecular complexity index is 336. The van der Waals surface area contributed by atoms with Crippen LogP contribution in [0.4, 0.5) is 0 Å². The summed E-state index contributed by atoms with van der Waals surface area (Å²) in [7, 11) is 2.04. The molecule has 0 heterocycles. The fourth-order valence-electron chi connectivity index (χ4n) is 2.20. The molecule has 1 aromatic carbocycles. The first-order chi connectivity index (χ1) is 8.67. The molecule has 0 radical (unpaired) electrons. The quantitative estimate of drug-likeness (QED) is 0.746. The van der Waals surface area contributed by atoms with Gasteiger partial charge in [-0.05, 0) is 44.0 Å². The molecule has 0 amide bonds. The topological polar surface area (TPSA) is 21.3 Å². The van der Waals surface area contributed by atoms with E-state index in [0.29, 0.717) is 6.04 Å². The van der Waals surface area contributed by atoms with Crippen LogP contribution in [-0.2, 0) is 0 Å². The van der Waals surface area contributed by atoms with Crippen molar-refractivity contribution >= 4 is 0 Å². The van der Waals surface area contributed by atoms with Gasteiger partial charge in [0.2, 0.25) is 0 Å². The first-order valence-corrected chi connectivity index (χ1v) is 7.07. The summed E-state index contributed by atoms with van der Waals surface area (Å²) >= 11 is 0. The number of hydrogen-bond acceptors (Lipinski definition) is 2. The van der Waals surface area contributed by atoms with E-state index in [2.05, 4.69) is 37.4 Å². The van der Waals surface area contributed by atoms with Crippen molar-refractivity contribution in [2.24, 2.45) is 5.92 Å². The molecule has 1 rings (SSSR count). The third-order valence-corrected chi connectivity index (χ3v) is 3.19. The molecule has 0 fully saturated rings. The number of benzene rings is 1. The van der Waals surface area contributed by atoms with Crippen molar-refractivity contribution in [2.75, 3.05) is 13.7 Å². The molecule has 0 saturated carbocycles. The summed E-state index contributed by atoms with van der Waals surface area (Å²) < 4.78 is 5.56. The molecule has 0 aliphatic carbocycles. The summed E-state index contributed by atoms with van der Waals surface area (Å²) in [6.07, 6.45) is 3.75. The Kier molecular flexibility index (Phi) is 6.81. The van der Waals surface area contributed by atoms with Gasteiger partial charge in [-0.2, -0.15) is 0 Å². The van der Waals surface area contributed by atoms with Gasteiger partial charge in [0, 0.05) is 6.04 Å². The molecule has 0 aliphatic heterocycles. The summed E-state index contributed by atoms with van der Waals surface area (Å²) in [5, 5.41) is 3.41. The maximum absolute atomic E-state index is 5.56. The van der Waals surface area contributed by atoms with E-state index in [4.69, 9.17) is 4.74 Å². The Balaban J connectivity index is 2.60. The minimum atomic E-state index is 0.434. The van der Waals surface area contributed by atoms with Crippen LogP contribution in [0.2, 0.25) is 0 Å². The molecule has 0 saturated heterocycles. The predicted molar refractivity (Wildman–Crippen MR) is 78.1 cm³/mol. The van der Waals surface area contributed by atoms with E-state index in [9.17, 15) is 0 Å². The van der Waals surface area contributed by atoms with Crippen LogP contribution in [0.3, 0.4) is 0 Å².